The lowest BCUT2D eigenvalue weighted by Gasteiger charge is -2.32. The van der Waals surface area contributed by atoms with E-state index < -0.39 is 24.3 Å². The Balaban J connectivity index is 2.97. The summed E-state index contributed by atoms with van der Waals surface area (Å²) < 4.78 is 12.0. The molecule has 0 spiro atoms. The molecule has 0 radical (unpaired) electrons. The fourth-order valence-corrected chi connectivity index (χ4v) is 2.17. The molecule has 0 bridgehead atoms. The molecule has 20 heavy (non-hydrogen) atoms. The minimum Gasteiger partial charge on any atom is -0.478 e. The van der Waals surface area contributed by atoms with Gasteiger partial charge in [0.05, 0.1) is 11.2 Å². The summed E-state index contributed by atoms with van der Waals surface area (Å²) in [5.41, 5.74) is 0.239. The Labute approximate surface area is 122 Å². The SMILES string of the molecule is CCCCCC(B1OC(C)(C)C(C)(C)O1)=C(C)C(=O)O. The molecule has 0 saturated carbocycles. The van der Waals surface area contributed by atoms with Gasteiger partial charge >= 0.3 is 13.1 Å². The van der Waals surface area contributed by atoms with Gasteiger partial charge in [-0.1, -0.05) is 26.2 Å². The van der Waals surface area contributed by atoms with E-state index in [1.807, 2.05) is 27.7 Å². The van der Waals surface area contributed by atoms with Crippen LogP contribution in [0.25, 0.3) is 0 Å². The Hall–Kier alpha value is -0.805. The van der Waals surface area contributed by atoms with E-state index in [1.165, 1.54) is 0 Å². The van der Waals surface area contributed by atoms with Gasteiger partial charge in [0, 0.05) is 5.57 Å². The molecule has 0 aromatic carbocycles. The second kappa shape index (κ2) is 6.31. The summed E-state index contributed by atoms with van der Waals surface area (Å²) in [5.74, 6) is -0.897. The molecule has 1 rings (SSSR count). The van der Waals surface area contributed by atoms with E-state index in [1.54, 1.807) is 6.92 Å². The fourth-order valence-electron chi connectivity index (χ4n) is 2.17. The molecular formula is C15H27BO4. The van der Waals surface area contributed by atoms with Crippen LogP contribution in [0.3, 0.4) is 0 Å². The van der Waals surface area contributed by atoms with Crippen LogP contribution in [0.4, 0.5) is 0 Å². The minimum atomic E-state index is -0.897. The highest BCUT2D eigenvalue weighted by Crippen LogP contribution is 2.39. The van der Waals surface area contributed by atoms with Gasteiger partial charge in [0.1, 0.15) is 0 Å². The highest BCUT2D eigenvalue weighted by molar-refractivity contribution is 6.55. The quantitative estimate of drug-likeness (QED) is 0.459. The molecule has 1 aliphatic heterocycles. The van der Waals surface area contributed by atoms with Crippen molar-refractivity contribution in [3.63, 3.8) is 0 Å². The number of hydrogen-bond donors (Lipinski definition) is 1. The lowest BCUT2D eigenvalue weighted by Crippen LogP contribution is -2.41. The summed E-state index contributed by atoms with van der Waals surface area (Å²) in [6.45, 7) is 11.7. The molecule has 5 heteroatoms. The van der Waals surface area contributed by atoms with Crippen molar-refractivity contribution in [2.75, 3.05) is 0 Å². The van der Waals surface area contributed by atoms with E-state index >= 15 is 0 Å². The van der Waals surface area contributed by atoms with Gasteiger partial charge in [0.25, 0.3) is 0 Å². The van der Waals surface area contributed by atoms with Crippen molar-refractivity contribution >= 4 is 13.1 Å². The number of aliphatic carboxylic acids is 1. The van der Waals surface area contributed by atoms with Crippen molar-refractivity contribution in [1.29, 1.82) is 0 Å². The number of carboxylic acids is 1. The number of allylic oxidation sites excluding steroid dienone is 1. The molecule has 0 aromatic rings. The Morgan fingerprint density at radius 3 is 2.00 bits per heavy atom. The fraction of sp³-hybridized carbons (Fsp3) is 0.800. The maximum atomic E-state index is 11.3. The normalized spacial score (nSPS) is 21.8. The van der Waals surface area contributed by atoms with Crippen molar-refractivity contribution in [2.24, 2.45) is 0 Å². The average molecular weight is 282 g/mol. The Kier molecular flexibility index (Phi) is 5.44. The molecule has 0 aromatic heterocycles. The summed E-state index contributed by atoms with van der Waals surface area (Å²) in [6, 6.07) is 0. The van der Waals surface area contributed by atoms with Gasteiger partial charge in [-0.15, -0.1) is 0 Å². The molecule has 0 unspecified atom stereocenters. The van der Waals surface area contributed by atoms with Crippen LogP contribution in [-0.2, 0) is 14.1 Å². The molecule has 1 fully saturated rings. The molecule has 114 valence electrons. The second-order valence-electron chi connectivity index (χ2n) is 6.50. The third-order valence-electron chi connectivity index (χ3n) is 4.39. The van der Waals surface area contributed by atoms with Crippen LogP contribution in [0.2, 0.25) is 0 Å². The van der Waals surface area contributed by atoms with E-state index in [2.05, 4.69) is 6.92 Å². The van der Waals surface area contributed by atoms with Crippen molar-refractivity contribution in [3.8, 4) is 0 Å². The first-order valence-corrected chi connectivity index (χ1v) is 7.41. The van der Waals surface area contributed by atoms with Gasteiger partial charge < -0.3 is 14.4 Å². The van der Waals surface area contributed by atoms with Gasteiger partial charge in [-0.05, 0) is 46.5 Å². The van der Waals surface area contributed by atoms with Crippen molar-refractivity contribution < 1.29 is 19.2 Å². The molecule has 0 amide bonds. The van der Waals surface area contributed by atoms with Crippen molar-refractivity contribution in [3.05, 3.63) is 11.0 Å². The van der Waals surface area contributed by atoms with Crippen LogP contribution in [0.1, 0.15) is 67.2 Å². The van der Waals surface area contributed by atoms with Crippen molar-refractivity contribution in [2.45, 2.75) is 78.4 Å². The zero-order valence-corrected chi connectivity index (χ0v) is 13.6. The van der Waals surface area contributed by atoms with Crippen LogP contribution in [0.5, 0.6) is 0 Å². The number of carbonyl (C=O) groups is 1. The van der Waals surface area contributed by atoms with E-state index in [-0.39, 0.29) is 0 Å². The van der Waals surface area contributed by atoms with Gasteiger partial charge in [-0.25, -0.2) is 4.79 Å². The zero-order chi connectivity index (χ0) is 15.6. The molecule has 1 heterocycles. The first-order valence-electron chi connectivity index (χ1n) is 7.41. The molecule has 4 nitrogen and oxygen atoms in total. The van der Waals surface area contributed by atoms with E-state index in [9.17, 15) is 9.90 Å². The lowest BCUT2D eigenvalue weighted by atomic mass is 9.72. The third-order valence-corrected chi connectivity index (χ3v) is 4.39. The van der Waals surface area contributed by atoms with Crippen LogP contribution >= 0.6 is 0 Å². The highest BCUT2D eigenvalue weighted by atomic mass is 16.7. The molecule has 1 saturated heterocycles. The number of hydrogen-bond acceptors (Lipinski definition) is 3. The lowest BCUT2D eigenvalue weighted by molar-refractivity contribution is -0.132. The molecule has 0 aliphatic carbocycles. The second-order valence-corrected chi connectivity index (χ2v) is 6.50. The smallest absolute Gasteiger partial charge is 0.478 e. The predicted molar refractivity (Wildman–Crippen MR) is 80.6 cm³/mol. The van der Waals surface area contributed by atoms with Gasteiger partial charge in [0.15, 0.2) is 0 Å². The first kappa shape index (κ1) is 17.2. The molecule has 1 aliphatic rings. The monoisotopic (exact) mass is 282 g/mol. The van der Waals surface area contributed by atoms with Gasteiger partial charge in [-0.2, -0.15) is 0 Å². The maximum Gasteiger partial charge on any atom is 0.491 e. The number of carboxylic acid groups (broad SMARTS) is 1. The van der Waals surface area contributed by atoms with Gasteiger partial charge in [0.2, 0.25) is 0 Å². The minimum absolute atomic E-state index is 0.347. The van der Waals surface area contributed by atoms with E-state index in [0.717, 1.165) is 24.7 Å². The van der Waals surface area contributed by atoms with Gasteiger partial charge in [-0.3, -0.25) is 0 Å². The highest BCUT2D eigenvalue weighted by Gasteiger charge is 2.52. The Morgan fingerprint density at radius 1 is 1.10 bits per heavy atom. The van der Waals surface area contributed by atoms with Crippen LogP contribution in [-0.4, -0.2) is 29.4 Å². The Bertz CT molecular complexity index is 383. The van der Waals surface area contributed by atoms with Crippen LogP contribution in [0.15, 0.2) is 11.0 Å². The van der Waals surface area contributed by atoms with Crippen molar-refractivity contribution in [1.82, 2.24) is 0 Å². The maximum absolute atomic E-state index is 11.3. The topological polar surface area (TPSA) is 55.8 Å². The molecular weight excluding hydrogens is 255 g/mol. The summed E-state index contributed by atoms with van der Waals surface area (Å²) >= 11 is 0. The summed E-state index contributed by atoms with van der Waals surface area (Å²) in [4.78, 5) is 11.3. The zero-order valence-electron chi connectivity index (χ0n) is 13.6. The Morgan fingerprint density at radius 2 is 1.60 bits per heavy atom. The number of rotatable bonds is 6. The summed E-state index contributed by atoms with van der Waals surface area (Å²) in [6.07, 6.45) is 3.85. The van der Waals surface area contributed by atoms with E-state index in [0.29, 0.717) is 12.0 Å². The standard InChI is InChI=1S/C15H27BO4/c1-7-8-9-10-12(11(2)13(17)18)16-19-14(3,4)15(5,6)20-16/h7-10H2,1-6H3,(H,17,18). The first-order chi connectivity index (χ1) is 9.12. The summed E-state index contributed by atoms with van der Waals surface area (Å²) in [7, 11) is -0.548. The number of unbranched alkanes of at least 4 members (excludes halogenated alkanes) is 2. The molecule has 1 N–H and O–H groups in total. The summed E-state index contributed by atoms with van der Waals surface area (Å²) in [5, 5.41) is 9.26. The average Bonchev–Trinajstić information content (AvgIpc) is 2.53. The largest absolute Gasteiger partial charge is 0.491 e. The van der Waals surface area contributed by atoms with E-state index in [4.69, 9.17) is 9.31 Å². The molecule has 0 atom stereocenters. The third kappa shape index (κ3) is 3.64. The van der Waals surface area contributed by atoms with Crippen LogP contribution in [0, 0.1) is 0 Å². The van der Waals surface area contributed by atoms with Crippen LogP contribution < -0.4 is 0 Å². The predicted octanol–water partition coefficient (Wildman–Crippen LogP) is 3.60.